The number of nitrogens with one attached hydrogen (secondary N) is 1. The lowest BCUT2D eigenvalue weighted by Crippen LogP contribution is -2.55. The standard InChI is InChI=1S/C14H17NO/c1-14-9-8-13(16)15-12(14)7-6-10-4-2-3-5-11(10)14/h2-5,12H,6-9H2,1H3,(H,15,16)/i9D. The molecule has 0 saturated carbocycles. The predicted molar refractivity (Wildman–Crippen MR) is 63.3 cm³/mol. The van der Waals surface area contributed by atoms with Crippen molar-refractivity contribution in [2.24, 2.45) is 0 Å². The molecule has 1 N–H and O–H groups in total. The minimum absolute atomic E-state index is 0.0341. The molecule has 1 fully saturated rings. The zero-order valence-corrected chi connectivity index (χ0v) is 9.49. The maximum absolute atomic E-state index is 11.6. The summed E-state index contributed by atoms with van der Waals surface area (Å²) in [4.78, 5) is 11.6. The van der Waals surface area contributed by atoms with Gasteiger partial charge >= 0.3 is 0 Å². The third-order valence-corrected chi connectivity index (χ3v) is 4.07. The molecule has 3 rings (SSSR count). The summed E-state index contributed by atoms with van der Waals surface area (Å²) in [6.45, 7) is 2.13. The highest BCUT2D eigenvalue weighted by atomic mass is 16.1. The van der Waals surface area contributed by atoms with Crippen LogP contribution in [0.2, 0.25) is 0 Å². The van der Waals surface area contributed by atoms with Crippen LogP contribution in [-0.4, -0.2) is 11.9 Å². The molecule has 1 aliphatic heterocycles. The van der Waals surface area contributed by atoms with Gasteiger partial charge in [0.05, 0.1) is 0 Å². The van der Waals surface area contributed by atoms with Gasteiger partial charge < -0.3 is 5.32 Å². The largest absolute Gasteiger partial charge is 0.352 e. The number of carbonyl (C=O) groups excluding carboxylic acids is 1. The topological polar surface area (TPSA) is 29.1 Å². The molecule has 0 bridgehead atoms. The highest BCUT2D eigenvalue weighted by Crippen LogP contribution is 2.42. The molecular formula is C14H17NO. The Morgan fingerprint density at radius 1 is 1.44 bits per heavy atom. The van der Waals surface area contributed by atoms with Crippen molar-refractivity contribution in [3.05, 3.63) is 35.4 Å². The fraction of sp³-hybridized carbons (Fsp3) is 0.500. The van der Waals surface area contributed by atoms with Crippen LogP contribution in [0.5, 0.6) is 0 Å². The van der Waals surface area contributed by atoms with Crippen molar-refractivity contribution in [3.8, 4) is 0 Å². The normalized spacial score (nSPS) is 38.1. The highest BCUT2D eigenvalue weighted by Gasteiger charge is 2.43. The second-order valence-corrected chi connectivity index (χ2v) is 5.01. The van der Waals surface area contributed by atoms with Crippen LogP contribution in [0.25, 0.3) is 0 Å². The molecule has 3 atom stereocenters. The SMILES string of the molecule is [2H]C1CC(=O)NC2CCc3ccccc3C12C. The molecule has 0 spiro atoms. The third kappa shape index (κ3) is 1.29. The summed E-state index contributed by atoms with van der Waals surface area (Å²) in [5, 5.41) is 3.07. The number of benzene rings is 1. The molecule has 84 valence electrons. The Balaban J connectivity index is 2.12. The van der Waals surface area contributed by atoms with E-state index in [9.17, 15) is 4.79 Å². The molecule has 3 unspecified atom stereocenters. The maximum Gasteiger partial charge on any atom is 0.220 e. The lowest BCUT2D eigenvalue weighted by molar-refractivity contribution is -0.125. The van der Waals surface area contributed by atoms with Crippen LogP contribution in [-0.2, 0) is 16.6 Å². The Bertz CT molecular complexity index is 473. The highest BCUT2D eigenvalue weighted by molar-refractivity contribution is 5.78. The quantitative estimate of drug-likeness (QED) is 0.707. The van der Waals surface area contributed by atoms with Crippen molar-refractivity contribution in [1.82, 2.24) is 5.32 Å². The van der Waals surface area contributed by atoms with Crippen molar-refractivity contribution in [3.63, 3.8) is 0 Å². The first-order valence-electron chi connectivity index (χ1n) is 6.50. The molecular weight excluding hydrogens is 198 g/mol. The Kier molecular flexibility index (Phi) is 1.84. The fourth-order valence-corrected chi connectivity index (χ4v) is 3.08. The molecule has 2 aliphatic rings. The van der Waals surface area contributed by atoms with Crippen molar-refractivity contribution >= 4 is 5.91 Å². The summed E-state index contributed by atoms with van der Waals surface area (Å²) in [5.74, 6) is 0.0341. The van der Waals surface area contributed by atoms with E-state index in [0.717, 1.165) is 12.8 Å². The average Bonchev–Trinajstić information content (AvgIpc) is 2.32. The van der Waals surface area contributed by atoms with Crippen LogP contribution < -0.4 is 5.32 Å². The van der Waals surface area contributed by atoms with E-state index in [1.54, 1.807) is 0 Å². The van der Waals surface area contributed by atoms with E-state index in [0.29, 0.717) is 6.42 Å². The van der Waals surface area contributed by atoms with Gasteiger partial charge in [-0.2, -0.15) is 0 Å². The Morgan fingerprint density at radius 2 is 2.25 bits per heavy atom. The van der Waals surface area contributed by atoms with E-state index in [2.05, 4.69) is 30.4 Å². The minimum atomic E-state index is -0.331. The Labute approximate surface area is 97.5 Å². The first-order chi connectivity index (χ1) is 8.12. The number of carbonyl (C=O) groups is 1. The number of hydrogen-bond donors (Lipinski definition) is 1. The summed E-state index contributed by atoms with van der Waals surface area (Å²) in [7, 11) is 0. The summed E-state index contributed by atoms with van der Waals surface area (Å²) in [5.41, 5.74) is 2.39. The van der Waals surface area contributed by atoms with Gasteiger partial charge in [-0.25, -0.2) is 0 Å². The molecule has 2 heteroatoms. The second-order valence-electron chi connectivity index (χ2n) is 5.01. The molecule has 1 heterocycles. The van der Waals surface area contributed by atoms with Crippen molar-refractivity contribution in [2.45, 2.75) is 44.0 Å². The lowest BCUT2D eigenvalue weighted by atomic mass is 9.64. The monoisotopic (exact) mass is 216 g/mol. The van der Waals surface area contributed by atoms with E-state index in [1.165, 1.54) is 11.1 Å². The molecule has 0 aromatic heterocycles. The first-order valence-corrected chi connectivity index (χ1v) is 5.92. The van der Waals surface area contributed by atoms with Crippen LogP contribution >= 0.6 is 0 Å². The van der Waals surface area contributed by atoms with Crippen LogP contribution in [0.15, 0.2) is 24.3 Å². The number of hydrogen-bond acceptors (Lipinski definition) is 1. The summed E-state index contributed by atoms with van der Waals surface area (Å²) in [6.07, 6.45) is 1.95. The third-order valence-electron chi connectivity index (χ3n) is 4.07. The fourth-order valence-electron chi connectivity index (χ4n) is 3.08. The average molecular weight is 216 g/mol. The number of amides is 1. The minimum Gasteiger partial charge on any atom is -0.352 e. The van der Waals surface area contributed by atoms with E-state index in [1.807, 2.05) is 6.07 Å². The lowest BCUT2D eigenvalue weighted by Gasteiger charge is -2.46. The van der Waals surface area contributed by atoms with E-state index in [-0.39, 0.29) is 23.8 Å². The van der Waals surface area contributed by atoms with Crippen LogP contribution in [0.4, 0.5) is 0 Å². The van der Waals surface area contributed by atoms with Gasteiger partial charge in [-0.15, -0.1) is 0 Å². The summed E-state index contributed by atoms with van der Waals surface area (Å²) >= 11 is 0. The zero-order valence-electron chi connectivity index (χ0n) is 10.5. The molecule has 1 aliphatic carbocycles. The molecule has 16 heavy (non-hydrogen) atoms. The first kappa shape index (κ1) is 8.80. The van der Waals surface area contributed by atoms with Crippen LogP contribution in [0, 0.1) is 0 Å². The Morgan fingerprint density at radius 3 is 3.12 bits per heavy atom. The predicted octanol–water partition coefficient (Wildman–Crippen LogP) is 2.17. The van der Waals surface area contributed by atoms with Gasteiger partial charge in [-0.1, -0.05) is 31.2 Å². The molecule has 2 nitrogen and oxygen atoms in total. The van der Waals surface area contributed by atoms with E-state index < -0.39 is 0 Å². The number of piperidine rings is 1. The molecule has 1 aromatic rings. The molecule has 0 radical (unpaired) electrons. The molecule has 1 saturated heterocycles. The Hall–Kier alpha value is -1.31. The van der Waals surface area contributed by atoms with E-state index >= 15 is 0 Å². The number of fused-ring (bicyclic) bond motifs is 3. The number of rotatable bonds is 0. The number of aryl methyl sites for hydroxylation is 1. The smallest absolute Gasteiger partial charge is 0.220 e. The van der Waals surface area contributed by atoms with Crippen LogP contribution in [0.3, 0.4) is 0 Å². The summed E-state index contributed by atoms with van der Waals surface area (Å²) in [6, 6.07) is 8.50. The molecule has 1 aromatic carbocycles. The van der Waals surface area contributed by atoms with Gasteiger partial charge in [-0.05, 0) is 30.4 Å². The zero-order chi connectivity index (χ0) is 12.0. The van der Waals surface area contributed by atoms with Gasteiger partial charge in [0, 0.05) is 19.2 Å². The van der Waals surface area contributed by atoms with Gasteiger partial charge in [-0.3, -0.25) is 4.79 Å². The van der Waals surface area contributed by atoms with Gasteiger partial charge in [0.2, 0.25) is 5.91 Å². The second kappa shape index (κ2) is 3.34. The van der Waals surface area contributed by atoms with Gasteiger partial charge in [0.25, 0.3) is 0 Å². The maximum atomic E-state index is 11.6. The summed E-state index contributed by atoms with van der Waals surface area (Å²) < 4.78 is 8.29. The van der Waals surface area contributed by atoms with Crippen molar-refractivity contribution in [2.75, 3.05) is 0 Å². The molecule has 1 amide bonds. The van der Waals surface area contributed by atoms with Crippen molar-refractivity contribution in [1.29, 1.82) is 0 Å². The van der Waals surface area contributed by atoms with Gasteiger partial charge in [0.15, 0.2) is 0 Å². The van der Waals surface area contributed by atoms with Crippen molar-refractivity contribution < 1.29 is 6.17 Å². The van der Waals surface area contributed by atoms with E-state index in [4.69, 9.17) is 1.37 Å². The van der Waals surface area contributed by atoms with Gasteiger partial charge in [0.1, 0.15) is 0 Å². The van der Waals surface area contributed by atoms with Crippen LogP contribution in [0.1, 0.15) is 38.7 Å².